The van der Waals surface area contributed by atoms with Crippen molar-refractivity contribution >= 4 is 28.5 Å². The van der Waals surface area contributed by atoms with Gasteiger partial charge in [-0.1, -0.05) is 66.6 Å². The summed E-state index contributed by atoms with van der Waals surface area (Å²) in [5.74, 6) is 0.859. The van der Waals surface area contributed by atoms with Crippen LogP contribution in [0.2, 0.25) is 5.02 Å². The highest BCUT2D eigenvalue weighted by atomic mass is 35.5. The number of fused-ring (bicyclic) bond motifs is 1. The Balaban J connectivity index is 1.81. The maximum atomic E-state index is 13.7. The van der Waals surface area contributed by atoms with E-state index in [9.17, 15) is 4.79 Å². The second-order valence-corrected chi connectivity index (χ2v) is 9.04. The van der Waals surface area contributed by atoms with Gasteiger partial charge < -0.3 is 15.2 Å². The van der Waals surface area contributed by atoms with Crippen LogP contribution >= 0.6 is 11.6 Å². The molecule has 0 fully saturated rings. The van der Waals surface area contributed by atoms with Gasteiger partial charge in [0.2, 0.25) is 0 Å². The van der Waals surface area contributed by atoms with Crippen LogP contribution in [0.5, 0.6) is 0 Å². The van der Waals surface area contributed by atoms with Crippen LogP contribution in [0.25, 0.3) is 11.0 Å². The van der Waals surface area contributed by atoms with Crippen molar-refractivity contribution in [3.05, 3.63) is 100 Å². The molecule has 34 heavy (non-hydrogen) atoms. The minimum atomic E-state index is -0.199. The molecule has 1 amide bonds. The number of hydrogen-bond donors (Lipinski definition) is 1. The Morgan fingerprint density at radius 3 is 2.50 bits per heavy atom. The number of nitrogens with zero attached hydrogens (tertiary/aromatic N) is 3. The van der Waals surface area contributed by atoms with Gasteiger partial charge in [-0.2, -0.15) is 0 Å². The van der Waals surface area contributed by atoms with Crippen molar-refractivity contribution in [2.45, 2.75) is 39.3 Å². The van der Waals surface area contributed by atoms with Crippen LogP contribution in [0.3, 0.4) is 0 Å². The smallest absolute Gasteiger partial charge is 0.254 e. The summed E-state index contributed by atoms with van der Waals surface area (Å²) in [6.07, 6.45) is 1.45. The van der Waals surface area contributed by atoms with Crippen molar-refractivity contribution in [1.82, 2.24) is 14.5 Å². The number of carbonyl (C=O) groups is 1. The third-order valence-electron chi connectivity index (χ3n) is 6.15. The second kappa shape index (κ2) is 10.9. The zero-order valence-corrected chi connectivity index (χ0v) is 20.5. The van der Waals surface area contributed by atoms with Crippen LogP contribution < -0.4 is 5.73 Å². The van der Waals surface area contributed by atoms with E-state index in [2.05, 4.69) is 23.6 Å². The molecule has 176 valence electrons. The number of benzene rings is 3. The molecule has 0 saturated heterocycles. The quantitative estimate of drug-likeness (QED) is 0.324. The molecule has 6 heteroatoms. The lowest BCUT2D eigenvalue weighted by molar-refractivity contribution is 0.0657. The molecule has 1 heterocycles. The Bertz CT molecular complexity index is 1250. The lowest BCUT2D eigenvalue weighted by Gasteiger charge is -2.31. The first kappa shape index (κ1) is 24.0. The number of amides is 1. The number of halogens is 1. The fourth-order valence-electron chi connectivity index (χ4n) is 4.37. The van der Waals surface area contributed by atoms with Gasteiger partial charge in [0.05, 0.1) is 17.1 Å². The first-order chi connectivity index (χ1) is 16.5. The van der Waals surface area contributed by atoms with Gasteiger partial charge in [0, 0.05) is 23.7 Å². The van der Waals surface area contributed by atoms with E-state index in [1.807, 2.05) is 72.5 Å². The monoisotopic (exact) mass is 474 g/mol. The van der Waals surface area contributed by atoms with Gasteiger partial charge in [0.1, 0.15) is 5.82 Å². The lowest BCUT2D eigenvalue weighted by Crippen LogP contribution is -2.37. The predicted octanol–water partition coefficient (Wildman–Crippen LogP) is 5.99. The topological polar surface area (TPSA) is 64.2 Å². The highest BCUT2D eigenvalue weighted by molar-refractivity contribution is 6.31. The van der Waals surface area contributed by atoms with Crippen LogP contribution in [0.4, 0.5) is 0 Å². The van der Waals surface area contributed by atoms with Gasteiger partial charge in [-0.3, -0.25) is 4.79 Å². The van der Waals surface area contributed by atoms with Gasteiger partial charge in [0.25, 0.3) is 5.91 Å². The molecule has 4 aromatic rings. The summed E-state index contributed by atoms with van der Waals surface area (Å²) in [5.41, 5.74) is 10.7. The standard InChI is InChI=1S/C28H31ClN4O/c1-3-25(32(17-7-16-30)28(34)22-12-10-20(2)11-13-22)27-31-24-18-23(29)14-15-26(24)33(27)19-21-8-5-4-6-9-21/h4-6,8-15,18,25H,3,7,16-17,19,30H2,1-2H3/t25-/m1/s1. The molecule has 0 bridgehead atoms. The summed E-state index contributed by atoms with van der Waals surface area (Å²) < 4.78 is 2.22. The van der Waals surface area contributed by atoms with E-state index in [1.165, 1.54) is 5.56 Å². The highest BCUT2D eigenvalue weighted by Gasteiger charge is 2.29. The molecule has 0 aliphatic rings. The molecule has 1 aromatic heterocycles. The fraction of sp³-hybridized carbons (Fsp3) is 0.286. The third-order valence-corrected chi connectivity index (χ3v) is 6.38. The van der Waals surface area contributed by atoms with Crippen molar-refractivity contribution in [3.8, 4) is 0 Å². The molecule has 0 saturated carbocycles. The number of hydrogen-bond acceptors (Lipinski definition) is 3. The van der Waals surface area contributed by atoms with E-state index in [-0.39, 0.29) is 11.9 Å². The minimum Gasteiger partial charge on any atom is -0.330 e. The van der Waals surface area contributed by atoms with Crippen molar-refractivity contribution in [1.29, 1.82) is 0 Å². The van der Waals surface area contributed by atoms with Crippen molar-refractivity contribution < 1.29 is 4.79 Å². The van der Waals surface area contributed by atoms with Gasteiger partial charge in [-0.15, -0.1) is 0 Å². The van der Waals surface area contributed by atoms with Crippen molar-refractivity contribution in [3.63, 3.8) is 0 Å². The van der Waals surface area contributed by atoms with Crippen LogP contribution in [-0.2, 0) is 6.54 Å². The molecule has 0 aliphatic heterocycles. The highest BCUT2D eigenvalue weighted by Crippen LogP contribution is 2.31. The van der Waals surface area contributed by atoms with E-state index in [1.54, 1.807) is 0 Å². The summed E-state index contributed by atoms with van der Waals surface area (Å²) in [7, 11) is 0. The average Bonchev–Trinajstić information content (AvgIpc) is 3.19. The number of aromatic nitrogens is 2. The molecule has 0 unspecified atom stereocenters. The van der Waals surface area contributed by atoms with Crippen LogP contribution in [0.15, 0.2) is 72.8 Å². The minimum absolute atomic E-state index is 0.00310. The van der Waals surface area contributed by atoms with Crippen LogP contribution in [0, 0.1) is 6.92 Å². The molecule has 2 N–H and O–H groups in total. The Kier molecular flexibility index (Phi) is 7.66. The molecule has 4 rings (SSSR count). The summed E-state index contributed by atoms with van der Waals surface area (Å²) >= 11 is 6.30. The Hall–Kier alpha value is -3.15. The zero-order valence-electron chi connectivity index (χ0n) is 19.7. The van der Waals surface area contributed by atoms with E-state index < -0.39 is 0 Å². The normalized spacial score (nSPS) is 12.1. The van der Waals surface area contributed by atoms with E-state index in [0.717, 1.165) is 35.3 Å². The SMILES string of the molecule is CC[C@H](c1nc2cc(Cl)ccc2n1Cc1ccccc1)N(CCCN)C(=O)c1ccc(C)cc1. The largest absolute Gasteiger partial charge is 0.330 e. The molecule has 5 nitrogen and oxygen atoms in total. The van der Waals surface area contributed by atoms with Crippen molar-refractivity contribution in [2.24, 2.45) is 5.73 Å². The van der Waals surface area contributed by atoms with Gasteiger partial charge >= 0.3 is 0 Å². The van der Waals surface area contributed by atoms with Crippen LogP contribution in [-0.4, -0.2) is 33.4 Å². The number of carbonyl (C=O) groups excluding carboxylic acids is 1. The Labute approximate surface area is 206 Å². The maximum absolute atomic E-state index is 13.7. The van der Waals surface area contributed by atoms with Gasteiger partial charge in [-0.05, 0) is 62.2 Å². The summed E-state index contributed by atoms with van der Waals surface area (Å²) in [4.78, 5) is 20.6. The fourth-order valence-corrected chi connectivity index (χ4v) is 4.54. The van der Waals surface area contributed by atoms with E-state index in [4.69, 9.17) is 22.3 Å². The molecule has 0 radical (unpaired) electrons. The van der Waals surface area contributed by atoms with Gasteiger partial charge in [-0.25, -0.2) is 4.98 Å². The molecule has 3 aromatic carbocycles. The number of rotatable bonds is 9. The third kappa shape index (κ3) is 5.16. The number of imidazole rings is 1. The first-order valence-electron chi connectivity index (χ1n) is 11.8. The van der Waals surface area contributed by atoms with E-state index in [0.29, 0.717) is 30.2 Å². The van der Waals surface area contributed by atoms with E-state index >= 15 is 0 Å². The Morgan fingerprint density at radius 2 is 1.82 bits per heavy atom. The molecule has 0 aliphatic carbocycles. The average molecular weight is 475 g/mol. The molecule has 1 atom stereocenters. The van der Waals surface area contributed by atoms with Gasteiger partial charge in [0.15, 0.2) is 0 Å². The maximum Gasteiger partial charge on any atom is 0.254 e. The number of aryl methyl sites for hydroxylation is 1. The molecular formula is C28H31ClN4O. The lowest BCUT2D eigenvalue weighted by atomic mass is 10.1. The zero-order chi connectivity index (χ0) is 24.1. The summed E-state index contributed by atoms with van der Waals surface area (Å²) in [5, 5.41) is 0.646. The van der Waals surface area contributed by atoms with Crippen molar-refractivity contribution in [2.75, 3.05) is 13.1 Å². The Morgan fingerprint density at radius 1 is 1.09 bits per heavy atom. The second-order valence-electron chi connectivity index (χ2n) is 8.61. The molecular weight excluding hydrogens is 444 g/mol. The predicted molar refractivity (Wildman–Crippen MR) is 139 cm³/mol. The first-order valence-corrected chi connectivity index (χ1v) is 12.2. The summed E-state index contributed by atoms with van der Waals surface area (Å²) in [6.45, 7) is 5.86. The van der Waals surface area contributed by atoms with Crippen LogP contribution in [0.1, 0.15) is 53.1 Å². The summed E-state index contributed by atoms with van der Waals surface area (Å²) in [6, 6.07) is 23.6. The number of nitrogens with two attached hydrogens (primary N) is 1. The molecule has 0 spiro atoms.